The molecule has 0 aromatic heterocycles. The molecule has 11 nitrogen and oxygen atoms in total. The molecule has 0 atom stereocenters. The van der Waals surface area contributed by atoms with Gasteiger partial charge in [0.2, 0.25) is 0 Å². The first-order chi connectivity index (χ1) is 20.6. The fraction of sp³-hybridized carbons (Fsp3) is 0.938. The zero-order chi connectivity index (χ0) is 37.3. The number of hydrogen-bond donors (Lipinski definition) is 0. The van der Waals surface area contributed by atoms with Crippen molar-refractivity contribution < 1.29 is 52.4 Å². The van der Waals surface area contributed by atoms with Gasteiger partial charge in [0.1, 0.15) is 6.61 Å². The fourth-order valence-corrected chi connectivity index (χ4v) is 2.95. The first-order valence-electron chi connectivity index (χ1n) is 16.9. The first kappa shape index (κ1) is 56.4. The molecule has 0 heterocycles. The summed E-state index contributed by atoms with van der Waals surface area (Å²) in [5.41, 5.74) is 0. The number of halogens is 1. The second-order valence-electron chi connectivity index (χ2n) is 11.7. The Morgan fingerprint density at radius 2 is 0.667 bits per heavy atom. The molecule has 0 saturated carbocycles. The maximum absolute atomic E-state index is 9.96. The summed E-state index contributed by atoms with van der Waals surface area (Å²) in [5, 5.41) is 34.8. The SMILES string of the molecule is CC[N+](C)(CC)CC.CC[N+](C)(CC)CC.CC[N+](C)(CC)CC.CC[N+](C)(CC)CC.O=C([O-])C(=O)OCCCl.[O-]B([O-])[O-]. The summed E-state index contributed by atoms with van der Waals surface area (Å²) in [4.78, 5) is 19.5. The molecule has 0 bridgehead atoms. The summed E-state index contributed by atoms with van der Waals surface area (Å²) in [6.07, 6.45) is 0. The third-order valence-corrected chi connectivity index (χ3v) is 9.79. The summed E-state index contributed by atoms with van der Waals surface area (Å²) in [6.45, 7) is 41.9. The molecule has 0 aliphatic heterocycles. The van der Waals surface area contributed by atoms with E-state index in [2.05, 4.69) is 116 Å². The number of carboxylic acid groups (broad SMARTS) is 1. The van der Waals surface area contributed by atoms with Gasteiger partial charge >= 0.3 is 5.97 Å². The Balaban J connectivity index is -0.000000103. The van der Waals surface area contributed by atoms with Crippen LogP contribution in [0.25, 0.3) is 0 Å². The lowest BCUT2D eigenvalue weighted by atomic mass is 10.3. The molecule has 0 aliphatic rings. The average Bonchev–Trinajstić information content (AvgIpc) is 3.06. The Bertz CT molecular complexity index is 539. The Hall–Kier alpha value is -0.985. The molecular formula is C32H76BClN4O7. The Kier molecular flexibility index (Phi) is 43.0. The lowest BCUT2D eigenvalue weighted by molar-refractivity contribution is -0.904. The van der Waals surface area contributed by atoms with Gasteiger partial charge in [-0.15, -0.1) is 11.6 Å². The van der Waals surface area contributed by atoms with E-state index < -0.39 is 19.3 Å². The lowest BCUT2D eigenvalue weighted by Crippen LogP contribution is -2.56. The highest BCUT2D eigenvalue weighted by molar-refractivity contribution is 6.27. The molecule has 13 heteroatoms. The normalized spacial score (nSPS) is 10.8. The summed E-state index contributed by atoms with van der Waals surface area (Å²) >= 11 is 5.06. The molecule has 45 heavy (non-hydrogen) atoms. The van der Waals surface area contributed by atoms with Crippen LogP contribution in [0, 0.1) is 0 Å². The van der Waals surface area contributed by atoms with Crippen LogP contribution in [0.15, 0.2) is 0 Å². The minimum Gasteiger partial charge on any atom is -0.907 e. The van der Waals surface area contributed by atoms with Gasteiger partial charge in [-0.1, -0.05) is 0 Å². The smallest absolute Gasteiger partial charge is 0.354 e. The van der Waals surface area contributed by atoms with E-state index in [1.165, 1.54) is 96.5 Å². The van der Waals surface area contributed by atoms with Crippen LogP contribution in [0.5, 0.6) is 0 Å². The van der Waals surface area contributed by atoms with Crippen molar-refractivity contribution in [2.45, 2.75) is 83.1 Å². The van der Waals surface area contributed by atoms with Crippen molar-refractivity contribution in [2.24, 2.45) is 0 Å². The van der Waals surface area contributed by atoms with Crippen molar-refractivity contribution >= 4 is 30.9 Å². The fourth-order valence-electron chi connectivity index (χ4n) is 2.87. The van der Waals surface area contributed by atoms with Crippen molar-refractivity contribution in [1.29, 1.82) is 0 Å². The number of carbonyl (C=O) groups excluding carboxylic acids is 2. The molecule has 0 fully saturated rings. The number of rotatable bonds is 14. The van der Waals surface area contributed by atoms with Crippen molar-refractivity contribution in [1.82, 2.24) is 0 Å². The highest BCUT2D eigenvalue weighted by Crippen LogP contribution is 1.99. The van der Waals surface area contributed by atoms with Crippen LogP contribution in [0.1, 0.15) is 83.1 Å². The molecule has 0 unspecified atom stereocenters. The number of ether oxygens (including phenoxy) is 1. The molecule has 0 aliphatic carbocycles. The molecule has 0 N–H and O–H groups in total. The second-order valence-corrected chi connectivity index (χ2v) is 12.1. The molecule has 0 saturated heterocycles. The molecule has 0 radical (unpaired) electrons. The monoisotopic (exact) mass is 675 g/mol. The standard InChI is InChI=1S/4C7H18N.C4H5ClO4.BO3/c4*1-5-8(4,6-2)7-3;5-1-2-9-4(8)3(6)7;2-1(3)4/h4*5-7H2,1-4H3;1-2H2,(H,6,7);/q4*+1;;-3/p-1. The summed E-state index contributed by atoms with van der Waals surface area (Å²) in [7, 11) is 6.25. The van der Waals surface area contributed by atoms with Crippen molar-refractivity contribution in [2.75, 3.05) is 119 Å². The molecule has 0 spiro atoms. The van der Waals surface area contributed by atoms with Gasteiger partial charge in [-0.2, -0.15) is 0 Å². The molecular weight excluding hydrogens is 599 g/mol. The van der Waals surface area contributed by atoms with Gasteiger partial charge < -0.3 is 47.6 Å². The molecule has 276 valence electrons. The van der Waals surface area contributed by atoms with Gasteiger partial charge in [-0.05, 0) is 83.1 Å². The number of quaternary nitrogens is 4. The molecule has 0 amide bonds. The quantitative estimate of drug-likeness (QED) is 0.0863. The number of aliphatic carboxylic acids is 1. The van der Waals surface area contributed by atoms with E-state index >= 15 is 0 Å². The number of esters is 1. The van der Waals surface area contributed by atoms with Gasteiger partial charge in [0.15, 0.2) is 5.97 Å². The largest absolute Gasteiger partial charge is 0.907 e. The third kappa shape index (κ3) is 39.1. The van der Waals surface area contributed by atoms with Crippen molar-refractivity contribution in [3.63, 3.8) is 0 Å². The Morgan fingerprint density at radius 3 is 0.733 bits per heavy atom. The number of carboxylic acids is 1. The predicted molar refractivity (Wildman–Crippen MR) is 184 cm³/mol. The first-order valence-corrected chi connectivity index (χ1v) is 17.4. The topological polar surface area (TPSA) is 136 Å². The third-order valence-electron chi connectivity index (χ3n) is 9.64. The highest BCUT2D eigenvalue weighted by atomic mass is 35.5. The Morgan fingerprint density at radius 1 is 0.511 bits per heavy atom. The second kappa shape index (κ2) is 34.4. The van der Waals surface area contributed by atoms with Gasteiger partial charge in [-0.3, -0.25) is 7.32 Å². The van der Waals surface area contributed by atoms with Gasteiger partial charge in [0.25, 0.3) is 0 Å². The van der Waals surface area contributed by atoms with E-state index in [1.807, 2.05) is 0 Å². The zero-order valence-corrected chi connectivity index (χ0v) is 33.3. The van der Waals surface area contributed by atoms with Crippen LogP contribution < -0.4 is 20.2 Å². The number of alkyl halides is 1. The maximum atomic E-state index is 9.96. The van der Waals surface area contributed by atoms with Crippen LogP contribution in [-0.4, -0.2) is 156 Å². The van der Waals surface area contributed by atoms with Crippen molar-refractivity contribution in [3.8, 4) is 0 Å². The maximum Gasteiger partial charge on any atom is 0.354 e. The van der Waals surface area contributed by atoms with Gasteiger partial charge in [0.05, 0.1) is 113 Å². The van der Waals surface area contributed by atoms with E-state index in [-0.39, 0.29) is 12.5 Å². The van der Waals surface area contributed by atoms with E-state index in [4.69, 9.17) is 26.7 Å². The van der Waals surface area contributed by atoms with Crippen molar-refractivity contribution in [3.05, 3.63) is 0 Å². The van der Waals surface area contributed by atoms with Crippen LogP contribution in [-0.2, 0) is 14.3 Å². The van der Waals surface area contributed by atoms with Gasteiger partial charge in [0, 0.05) is 0 Å². The van der Waals surface area contributed by atoms with E-state index in [0.29, 0.717) is 0 Å². The minimum atomic E-state index is -2.92. The number of carbonyl (C=O) groups is 2. The highest BCUT2D eigenvalue weighted by Gasteiger charge is 2.13. The van der Waals surface area contributed by atoms with Crippen LogP contribution in [0.3, 0.4) is 0 Å². The Labute approximate surface area is 285 Å². The summed E-state index contributed by atoms with van der Waals surface area (Å²) < 4.78 is 8.85. The molecule has 0 aromatic carbocycles. The van der Waals surface area contributed by atoms with Crippen LogP contribution in [0.2, 0.25) is 0 Å². The minimum absolute atomic E-state index is 0.0824. The molecule has 0 aromatic rings. The molecule has 0 rings (SSSR count). The summed E-state index contributed by atoms with van der Waals surface area (Å²) in [5.74, 6) is -3.14. The zero-order valence-electron chi connectivity index (χ0n) is 32.5. The van der Waals surface area contributed by atoms with E-state index in [0.717, 1.165) is 0 Å². The van der Waals surface area contributed by atoms with Crippen LogP contribution in [0.4, 0.5) is 0 Å². The van der Waals surface area contributed by atoms with E-state index in [1.54, 1.807) is 0 Å². The van der Waals surface area contributed by atoms with Crippen LogP contribution >= 0.6 is 11.6 Å². The lowest BCUT2D eigenvalue weighted by Gasteiger charge is -2.35. The predicted octanol–water partition coefficient (Wildman–Crippen LogP) is 0.541. The van der Waals surface area contributed by atoms with E-state index in [9.17, 15) is 14.7 Å². The average molecular weight is 675 g/mol. The van der Waals surface area contributed by atoms with Gasteiger partial charge in [-0.25, -0.2) is 4.79 Å². The number of hydrogen-bond acceptors (Lipinski definition) is 7. The number of nitrogens with zero attached hydrogens (tertiary/aromatic N) is 4. The summed E-state index contributed by atoms with van der Waals surface area (Å²) in [6, 6.07) is 0.